The Balaban J connectivity index is 1.07. The molecule has 9 aromatic carbocycles. The average Bonchev–Trinajstić information content (AvgIpc) is 4.12. The number of fused-ring (bicyclic) bond motifs is 6. The molecule has 11 rings (SSSR count). The highest BCUT2D eigenvalue weighted by atomic mass is 32.1. The molecule has 0 atom stereocenters. The molecule has 70 heavy (non-hydrogen) atoms. The van der Waals surface area contributed by atoms with Crippen molar-refractivity contribution in [2.24, 2.45) is 0 Å². The predicted octanol–water partition coefficient (Wildman–Crippen LogP) is 19.0. The molecule has 0 N–H and O–H groups in total. The summed E-state index contributed by atoms with van der Waals surface area (Å²) in [5.41, 5.74) is 14.9. The fourth-order valence-corrected chi connectivity index (χ4v) is 17.1. The summed E-state index contributed by atoms with van der Waals surface area (Å²) < 4.78 is 0. The van der Waals surface area contributed by atoms with Crippen molar-refractivity contribution in [3.05, 3.63) is 169 Å². The molecular weight excluding hydrogens is 917 g/mol. The van der Waals surface area contributed by atoms with Crippen molar-refractivity contribution < 1.29 is 0 Å². The van der Waals surface area contributed by atoms with Gasteiger partial charge in [0.15, 0.2) is 0 Å². The van der Waals surface area contributed by atoms with Crippen LogP contribution >= 0.6 is 22.7 Å². The minimum absolute atomic E-state index is 1.02. The maximum absolute atomic E-state index is 5.05. The van der Waals surface area contributed by atoms with Crippen molar-refractivity contribution in [1.29, 1.82) is 0 Å². The highest BCUT2D eigenvalue weighted by Crippen LogP contribution is 2.42. The molecule has 0 aliphatic rings. The summed E-state index contributed by atoms with van der Waals surface area (Å²) in [4.78, 5) is 12.4. The quantitative estimate of drug-likeness (QED) is 0.0775. The average molecular weight is 973 g/mol. The number of rotatable bonds is 10. The standard InChI is InChI=1S/C64H56N2S2Si2/c1-7-69(8-2,9-3)31-29-57-55-27-25-50(62-42-66-64(68-62)52-24-22-48-34-44-18-14-16-20-46(44)36-54(48)38-52)40-60(55)58(30-32-70(10-4,11-5)12-6)56-28-26-49(39-59(56)57)61-41-65-63(67-61)51-23-21-47-33-43-17-13-15-19-45(43)35-53(47)37-51/h13-28,33-42H,7-12H2,1-6H3. The van der Waals surface area contributed by atoms with Crippen LogP contribution in [0, 0.1) is 22.9 Å². The number of benzene rings is 9. The Morgan fingerprint density at radius 1 is 0.357 bits per heavy atom. The summed E-state index contributed by atoms with van der Waals surface area (Å²) in [5.74, 6) is 7.92. The van der Waals surface area contributed by atoms with E-state index in [0.717, 1.165) is 89.4 Å². The van der Waals surface area contributed by atoms with E-state index in [-0.39, 0.29) is 0 Å². The van der Waals surface area contributed by atoms with Gasteiger partial charge in [0.05, 0.1) is 9.75 Å². The van der Waals surface area contributed by atoms with Crippen molar-refractivity contribution in [3.8, 4) is 65.0 Å². The number of aromatic nitrogens is 2. The van der Waals surface area contributed by atoms with Crippen LogP contribution in [0.5, 0.6) is 0 Å². The second-order valence-corrected chi connectivity index (χ2v) is 31.0. The van der Waals surface area contributed by atoms with E-state index < -0.39 is 16.1 Å². The first-order chi connectivity index (χ1) is 34.3. The van der Waals surface area contributed by atoms with E-state index in [9.17, 15) is 0 Å². The smallest absolute Gasteiger partial charge is 0.138 e. The fourth-order valence-electron chi connectivity index (χ4n) is 10.5. The molecule has 2 aromatic heterocycles. The molecule has 0 unspecified atom stereocenters. The molecule has 0 bridgehead atoms. The van der Waals surface area contributed by atoms with E-state index in [0.29, 0.717) is 0 Å². The molecule has 0 radical (unpaired) electrons. The van der Waals surface area contributed by atoms with Gasteiger partial charge in [-0.05, 0) is 161 Å². The Morgan fingerprint density at radius 3 is 1.07 bits per heavy atom. The molecule has 0 saturated heterocycles. The summed E-state index contributed by atoms with van der Waals surface area (Å²) in [6.07, 6.45) is 4.11. The van der Waals surface area contributed by atoms with Crippen LogP contribution in [0.2, 0.25) is 36.3 Å². The molecule has 0 amide bonds. The van der Waals surface area contributed by atoms with E-state index in [1.165, 1.54) is 64.6 Å². The number of thiazole rings is 2. The largest absolute Gasteiger partial charge is 0.244 e. The van der Waals surface area contributed by atoms with Crippen LogP contribution < -0.4 is 0 Å². The molecule has 0 spiro atoms. The number of hydrogen-bond donors (Lipinski definition) is 0. The highest BCUT2D eigenvalue weighted by Gasteiger charge is 2.26. The second-order valence-electron chi connectivity index (χ2n) is 19.0. The highest BCUT2D eigenvalue weighted by molar-refractivity contribution is 7.18. The zero-order valence-electron chi connectivity index (χ0n) is 41.0. The van der Waals surface area contributed by atoms with Gasteiger partial charge >= 0.3 is 0 Å². The molecule has 342 valence electrons. The lowest BCUT2D eigenvalue weighted by atomic mass is 9.90. The lowest BCUT2D eigenvalue weighted by molar-refractivity contribution is 1.20. The van der Waals surface area contributed by atoms with Crippen LogP contribution in [0.4, 0.5) is 0 Å². The van der Waals surface area contributed by atoms with Crippen molar-refractivity contribution in [1.82, 2.24) is 9.97 Å². The molecular formula is C64H56N2S2Si2. The van der Waals surface area contributed by atoms with Crippen molar-refractivity contribution >= 4 is 103 Å². The van der Waals surface area contributed by atoms with Gasteiger partial charge in [0.1, 0.15) is 26.2 Å². The Bertz CT molecular complexity index is 3680. The minimum atomic E-state index is -1.81. The van der Waals surface area contributed by atoms with Gasteiger partial charge in [0, 0.05) is 34.6 Å². The van der Waals surface area contributed by atoms with E-state index in [4.69, 9.17) is 9.97 Å². The third-order valence-electron chi connectivity index (χ3n) is 15.6. The van der Waals surface area contributed by atoms with Crippen LogP contribution in [-0.2, 0) is 0 Å². The van der Waals surface area contributed by atoms with Gasteiger partial charge in [-0.25, -0.2) is 9.97 Å². The normalized spacial score (nSPS) is 12.0. The SMILES string of the molecule is CC[Si](C#Cc1c2ccc(-c3cnc(-c4ccc5cc6ccccc6cc5c4)s3)cc2c(C#C[Si](CC)(CC)CC)c2ccc(-c3cnc(-c4ccc5cc6ccccc6cc5c4)s3)cc12)(CC)CC. The molecule has 0 aliphatic heterocycles. The molecule has 2 nitrogen and oxygen atoms in total. The Labute approximate surface area is 422 Å². The first-order valence-corrected chi connectivity index (χ1v) is 32.0. The van der Waals surface area contributed by atoms with Crippen LogP contribution in [-0.4, -0.2) is 26.1 Å². The summed E-state index contributed by atoms with van der Waals surface area (Å²) >= 11 is 3.52. The van der Waals surface area contributed by atoms with Crippen molar-refractivity contribution in [3.63, 3.8) is 0 Å². The molecule has 0 fully saturated rings. The van der Waals surface area contributed by atoms with Gasteiger partial charge in [0.2, 0.25) is 0 Å². The Kier molecular flexibility index (Phi) is 12.4. The summed E-state index contributed by atoms with van der Waals surface area (Å²) in [6.45, 7) is 14.1. The fraction of sp³-hybridized carbons (Fsp3) is 0.188. The predicted molar refractivity (Wildman–Crippen MR) is 313 cm³/mol. The van der Waals surface area contributed by atoms with Crippen molar-refractivity contribution in [2.45, 2.75) is 77.8 Å². The van der Waals surface area contributed by atoms with E-state index in [2.05, 4.69) is 222 Å². The van der Waals surface area contributed by atoms with E-state index >= 15 is 0 Å². The third kappa shape index (κ3) is 8.38. The van der Waals surface area contributed by atoms with Crippen molar-refractivity contribution in [2.75, 3.05) is 0 Å². The van der Waals surface area contributed by atoms with Gasteiger partial charge in [0.25, 0.3) is 0 Å². The molecule has 0 aliphatic carbocycles. The summed E-state index contributed by atoms with van der Waals surface area (Å²) in [7, 11) is -3.62. The zero-order chi connectivity index (χ0) is 48.0. The molecule has 0 saturated carbocycles. The Morgan fingerprint density at radius 2 is 0.700 bits per heavy atom. The second kappa shape index (κ2) is 18.9. The minimum Gasteiger partial charge on any atom is -0.244 e. The topological polar surface area (TPSA) is 25.8 Å². The number of nitrogens with zero attached hydrogens (tertiary/aromatic N) is 2. The van der Waals surface area contributed by atoms with E-state index in [1.54, 1.807) is 22.7 Å². The molecule has 2 heterocycles. The maximum atomic E-state index is 5.05. The number of hydrogen-bond acceptors (Lipinski definition) is 4. The van der Waals surface area contributed by atoms with Crippen LogP contribution in [0.1, 0.15) is 52.7 Å². The van der Waals surface area contributed by atoms with Gasteiger partial charge in [-0.1, -0.05) is 150 Å². The summed E-state index contributed by atoms with van der Waals surface area (Å²) in [6, 6.07) is 60.7. The lowest BCUT2D eigenvalue weighted by Gasteiger charge is -2.21. The zero-order valence-corrected chi connectivity index (χ0v) is 44.6. The molecule has 11 aromatic rings. The van der Waals surface area contributed by atoms with Gasteiger partial charge in [-0.3, -0.25) is 0 Å². The Hall–Kier alpha value is -6.65. The van der Waals surface area contributed by atoms with Gasteiger partial charge in [-0.2, -0.15) is 0 Å². The van der Waals surface area contributed by atoms with Gasteiger partial charge < -0.3 is 0 Å². The first kappa shape index (κ1) is 45.8. The van der Waals surface area contributed by atoms with Crippen LogP contribution in [0.3, 0.4) is 0 Å². The lowest BCUT2D eigenvalue weighted by Crippen LogP contribution is -2.29. The van der Waals surface area contributed by atoms with Gasteiger partial charge in [-0.15, -0.1) is 33.8 Å². The maximum Gasteiger partial charge on any atom is 0.138 e. The van der Waals surface area contributed by atoms with E-state index in [1.807, 2.05) is 0 Å². The van der Waals surface area contributed by atoms with Crippen LogP contribution in [0.25, 0.3) is 107 Å². The monoisotopic (exact) mass is 972 g/mol. The molecule has 6 heteroatoms. The summed E-state index contributed by atoms with van der Waals surface area (Å²) in [5, 5.41) is 16.7. The van der Waals surface area contributed by atoms with Crippen LogP contribution in [0.15, 0.2) is 158 Å². The first-order valence-electron chi connectivity index (χ1n) is 25.1. The third-order valence-corrected chi connectivity index (χ3v) is 27.2.